The van der Waals surface area contributed by atoms with E-state index >= 15 is 0 Å². The lowest BCUT2D eigenvalue weighted by molar-refractivity contribution is -0.136. The average Bonchev–Trinajstić information content (AvgIpc) is 2.21. The molecule has 0 fully saturated rings. The Morgan fingerprint density at radius 1 is 1.31 bits per heavy atom. The molecular formula is C13H18O3. The molecule has 0 saturated heterocycles. The Balaban J connectivity index is 3.22. The normalized spacial score (nSPS) is 10.2. The molecule has 0 heterocycles. The molecule has 3 heteroatoms. The van der Waals surface area contributed by atoms with Crippen LogP contribution in [0.4, 0.5) is 0 Å². The van der Waals surface area contributed by atoms with Crippen molar-refractivity contribution in [3.05, 3.63) is 28.3 Å². The molecule has 0 aliphatic rings. The van der Waals surface area contributed by atoms with Crippen molar-refractivity contribution in [3.63, 3.8) is 0 Å². The van der Waals surface area contributed by atoms with E-state index in [-0.39, 0.29) is 6.42 Å². The van der Waals surface area contributed by atoms with E-state index < -0.39 is 5.97 Å². The minimum Gasteiger partial charge on any atom is -0.494 e. The van der Waals surface area contributed by atoms with Crippen LogP contribution in [0.2, 0.25) is 0 Å². The summed E-state index contributed by atoms with van der Waals surface area (Å²) in [6.45, 7) is 8.40. The first-order chi connectivity index (χ1) is 7.47. The maximum Gasteiger partial charge on any atom is 0.307 e. The van der Waals surface area contributed by atoms with Crippen molar-refractivity contribution < 1.29 is 14.6 Å². The molecule has 1 aromatic rings. The Labute approximate surface area is 96.1 Å². The number of benzene rings is 1. The molecule has 0 unspecified atom stereocenters. The van der Waals surface area contributed by atoms with Gasteiger partial charge >= 0.3 is 5.97 Å². The van der Waals surface area contributed by atoms with E-state index in [0.717, 1.165) is 28.0 Å². The van der Waals surface area contributed by atoms with Crippen molar-refractivity contribution in [2.75, 3.05) is 6.61 Å². The van der Waals surface area contributed by atoms with Gasteiger partial charge in [0.25, 0.3) is 0 Å². The minimum atomic E-state index is -0.797. The molecule has 0 saturated carbocycles. The van der Waals surface area contributed by atoms with Crippen molar-refractivity contribution in [2.24, 2.45) is 0 Å². The van der Waals surface area contributed by atoms with Gasteiger partial charge in [-0.3, -0.25) is 4.79 Å². The summed E-state index contributed by atoms with van der Waals surface area (Å²) in [6.07, 6.45) is 0.0743. The van der Waals surface area contributed by atoms with Crippen molar-refractivity contribution in [1.29, 1.82) is 0 Å². The van der Waals surface area contributed by atoms with Gasteiger partial charge in [0.1, 0.15) is 5.75 Å². The number of aliphatic carboxylic acids is 1. The van der Waals surface area contributed by atoms with Gasteiger partial charge in [-0.15, -0.1) is 0 Å². The Kier molecular flexibility index (Phi) is 3.93. The summed E-state index contributed by atoms with van der Waals surface area (Å²) in [7, 11) is 0. The van der Waals surface area contributed by atoms with Crippen molar-refractivity contribution in [2.45, 2.75) is 34.1 Å². The van der Waals surface area contributed by atoms with E-state index in [2.05, 4.69) is 0 Å². The summed E-state index contributed by atoms with van der Waals surface area (Å²) >= 11 is 0. The lowest BCUT2D eigenvalue weighted by Gasteiger charge is -2.15. The van der Waals surface area contributed by atoms with Crippen LogP contribution in [-0.2, 0) is 11.2 Å². The molecule has 1 rings (SSSR count). The van der Waals surface area contributed by atoms with E-state index in [1.165, 1.54) is 0 Å². The highest BCUT2D eigenvalue weighted by molar-refractivity contribution is 5.72. The molecule has 3 nitrogen and oxygen atoms in total. The highest BCUT2D eigenvalue weighted by Gasteiger charge is 2.13. The van der Waals surface area contributed by atoms with Gasteiger partial charge in [-0.1, -0.05) is 0 Å². The van der Waals surface area contributed by atoms with Gasteiger partial charge in [0.15, 0.2) is 0 Å². The van der Waals surface area contributed by atoms with E-state index in [0.29, 0.717) is 6.61 Å². The first-order valence-corrected chi connectivity index (χ1v) is 5.41. The number of hydrogen-bond acceptors (Lipinski definition) is 2. The van der Waals surface area contributed by atoms with Gasteiger partial charge < -0.3 is 9.84 Å². The predicted octanol–water partition coefficient (Wildman–Crippen LogP) is 2.64. The molecule has 1 N–H and O–H groups in total. The third kappa shape index (κ3) is 2.54. The smallest absolute Gasteiger partial charge is 0.307 e. The van der Waals surface area contributed by atoms with E-state index in [1.807, 2.05) is 33.8 Å². The number of carboxylic acids is 1. The fourth-order valence-corrected chi connectivity index (χ4v) is 1.83. The quantitative estimate of drug-likeness (QED) is 0.851. The number of aryl methyl sites for hydroxylation is 1. The Morgan fingerprint density at radius 2 is 1.94 bits per heavy atom. The lowest BCUT2D eigenvalue weighted by atomic mass is 9.95. The molecule has 0 amide bonds. The summed E-state index contributed by atoms with van der Waals surface area (Å²) < 4.78 is 5.51. The molecular weight excluding hydrogens is 204 g/mol. The Hall–Kier alpha value is -1.51. The summed E-state index contributed by atoms with van der Waals surface area (Å²) in [6, 6.07) is 1.92. The number of ether oxygens (including phenoxy) is 1. The molecule has 0 aliphatic heterocycles. The molecule has 88 valence electrons. The van der Waals surface area contributed by atoms with Crippen LogP contribution in [-0.4, -0.2) is 17.7 Å². The molecule has 0 aliphatic carbocycles. The second kappa shape index (κ2) is 5.01. The van der Waals surface area contributed by atoms with Crippen LogP contribution in [0.1, 0.15) is 29.2 Å². The van der Waals surface area contributed by atoms with E-state index in [9.17, 15) is 4.79 Å². The SMILES string of the molecule is CCOc1cc(C)c(CC(=O)O)c(C)c1C. The standard InChI is InChI=1S/C13H18O3/c1-5-16-12-6-8(2)11(7-13(14)15)9(3)10(12)4/h6H,5,7H2,1-4H3,(H,14,15). The molecule has 0 atom stereocenters. The minimum absolute atomic E-state index is 0.0743. The fourth-order valence-electron chi connectivity index (χ4n) is 1.83. The van der Waals surface area contributed by atoms with Crippen molar-refractivity contribution >= 4 is 5.97 Å². The third-order valence-electron chi connectivity index (χ3n) is 2.84. The van der Waals surface area contributed by atoms with Crippen LogP contribution in [0.5, 0.6) is 5.75 Å². The van der Waals surface area contributed by atoms with Crippen LogP contribution in [0.15, 0.2) is 6.07 Å². The molecule has 0 bridgehead atoms. The average molecular weight is 222 g/mol. The highest BCUT2D eigenvalue weighted by Crippen LogP contribution is 2.28. The van der Waals surface area contributed by atoms with Gasteiger partial charge in [-0.25, -0.2) is 0 Å². The first kappa shape index (κ1) is 12.6. The van der Waals surface area contributed by atoms with Crippen LogP contribution < -0.4 is 4.74 Å². The molecule has 0 aromatic heterocycles. The maximum atomic E-state index is 10.8. The lowest BCUT2D eigenvalue weighted by Crippen LogP contribution is -2.07. The van der Waals surface area contributed by atoms with E-state index in [4.69, 9.17) is 9.84 Å². The maximum absolute atomic E-state index is 10.8. The number of hydrogen-bond donors (Lipinski definition) is 1. The zero-order valence-electron chi connectivity index (χ0n) is 10.3. The Morgan fingerprint density at radius 3 is 2.44 bits per heavy atom. The third-order valence-corrected chi connectivity index (χ3v) is 2.84. The second-order valence-corrected chi connectivity index (χ2v) is 3.92. The molecule has 0 spiro atoms. The topological polar surface area (TPSA) is 46.5 Å². The summed E-state index contributed by atoms with van der Waals surface area (Å²) in [5.41, 5.74) is 3.93. The van der Waals surface area contributed by atoms with Crippen LogP contribution in [0.3, 0.4) is 0 Å². The Bertz CT molecular complexity index is 408. The van der Waals surface area contributed by atoms with Crippen molar-refractivity contribution in [3.8, 4) is 5.75 Å². The molecule has 1 aromatic carbocycles. The van der Waals surface area contributed by atoms with Gasteiger partial charge in [0, 0.05) is 0 Å². The van der Waals surface area contributed by atoms with Crippen LogP contribution in [0.25, 0.3) is 0 Å². The zero-order chi connectivity index (χ0) is 12.3. The number of rotatable bonds is 4. The van der Waals surface area contributed by atoms with Gasteiger partial charge in [-0.05, 0) is 56.0 Å². The van der Waals surface area contributed by atoms with Gasteiger partial charge in [0.05, 0.1) is 13.0 Å². The fraction of sp³-hybridized carbons (Fsp3) is 0.462. The molecule has 16 heavy (non-hydrogen) atoms. The zero-order valence-corrected chi connectivity index (χ0v) is 10.3. The largest absolute Gasteiger partial charge is 0.494 e. The van der Waals surface area contributed by atoms with Gasteiger partial charge in [0.2, 0.25) is 0 Å². The second-order valence-electron chi connectivity index (χ2n) is 3.92. The summed E-state index contributed by atoms with van der Waals surface area (Å²) in [5, 5.41) is 8.85. The van der Waals surface area contributed by atoms with Gasteiger partial charge in [-0.2, -0.15) is 0 Å². The van der Waals surface area contributed by atoms with E-state index in [1.54, 1.807) is 0 Å². The first-order valence-electron chi connectivity index (χ1n) is 5.41. The predicted molar refractivity (Wildman–Crippen MR) is 63.2 cm³/mol. The highest BCUT2D eigenvalue weighted by atomic mass is 16.5. The number of carboxylic acid groups (broad SMARTS) is 1. The van der Waals surface area contributed by atoms with Crippen LogP contribution >= 0.6 is 0 Å². The summed E-state index contributed by atoms with van der Waals surface area (Å²) in [4.78, 5) is 10.8. The van der Waals surface area contributed by atoms with Crippen molar-refractivity contribution in [1.82, 2.24) is 0 Å². The van der Waals surface area contributed by atoms with Crippen LogP contribution in [0, 0.1) is 20.8 Å². The molecule has 0 radical (unpaired) electrons. The number of carbonyl (C=O) groups is 1. The summed E-state index contributed by atoms with van der Waals surface area (Å²) in [5.74, 6) is 0.0569. The monoisotopic (exact) mass is 222 g/mol.